The number of hydrogen-bond donors (Lipinski definition) is 2. The normalized spacial score (nSPS) is 12.3. The zero-order valence-electron chi connectivity index (χ0n) is 11.4. The molecule has 0 spiro atoms. The highest BCUT2D eigenvalue weighted by molar-refractivity contribution is 7.91. The standard InChI is InChI=1S/C13H14N2O4S2/c1-13(2,10-5-3-9(4-6-10)12(16)17)15-21(18,19)11-7-8-14-20-11/h3-8,15H,1-2H3,(H,16,17). The lowest BCUT2D eigenvalue weighted by atomic mass is 9.95. The van der Waals surface area contributed by atoms with Crippen LogP contribution >= 0.6 is 11.5 Å². The Morgan fingerprint density at radius 1 is 1.24 bits per heavy atom. The van der Waals surface area contributed by atoms with Gasteiger partial charge >= 0.3 is 5.97 Å². The first-order valence-corrected chi connectivity index (χ1v) is 8.26. The second-order valence-electron chi connectivity index (χ2n) is 4.94. The number of hydrogen-bond acceptors (Lipinski definition) is 5. The molecule has 8 heteroatoms. The molecule has 0 fully saturated rings. The highest BCUT2D eigenvalue weighted by Crippen LogP contribution is 2.24. The summed E-state index contributed by atoms with van der Waals surface area (Å²) in [6, 6.07) is 7.51. The number of carboxylic acid groups (broad SMARTS) is 1. The summed E-state index contributed by atoms with van der Waals surface area (Å²) in [5.41, 5.74) is -0.0553. The summed E-state index contributed by atoms with van der Waals surface area (Å²) < 4.78 is 31.0. The Kier molecular flexibility index (Phi) is 4.13. The Labute approximate surface area is 126 Å². The lowest BCUT2D eigenvalue weighted by molar-refractivity contribution is 0.0697. The van der Waals surface area contributed by atoms with Gasteiger partial charge in [0.05, 0.1) is 11.1 Å². The molecule has 0 atom stereocenters. The average molecular weight is 326 g/mol. The molecular weight excluding hydrogens is 312 g/mol. The van der Waals surface area contributed by atoms with Gasteiger partial charge < -0.3 is 5.11 Å². The molecule has 0 saturated heterocycles. The Hall–Kier alpha value is -1.77. The van der Waals surface area contributed by atoms with Crippen molar-refractivity contribution in [3.63, 3.8) is 0 Å². The van der Waals surface area contributed by atoms with E-state index in [1.54, 1.807) is 26.0 Å². The maximum absolute atomic E-state index is 12.2. The predicted molar refractivity (Wildman–Crippen MR) is 78.9 cm³/mol. The number of rotatable bonds is 5. The SMILES string of the molecule is CC(C)(NS(=O)(=O)c1ccns1)c1ccc(C(=O)O)cc1. The number of sulfonamides is 1. The summed E-state index contributed by atoms with van der Waals surface area (Å²) in [5, 5.41) is 8.87. The second-order valence-corrected chi connectivity index (χ2v) is 7.69. The second kappa shape index (κ2) is 5.55. The van der Waals surface area contributed by atoms with Gasteiger partial charge in [-0.05, 0) is 49.1 Å². The van der Waals surface area contributed by atoms with Gasteiger partial charge in [-0.25, -0.2) is 17.9 Å². The van der Waals surface area contributed by atoms with Gasteiger partial charge in [-0.1, -0.05) is 12.1 Å². The summed E-state index contributed by atoms with van der Waals surface area (Å²) in [6.07, 6.45) is 1.42. The quantitative estimate of drug-likeness (QED) is 0.876. The first-order valence-electron chi connectivity index (χ1n) is 6.01. The number of nitrogens with one attached hydrogen (secondary N) is 1. The molecule has 2 N–H and O–H groups in total. The molecule has 1 aromatic heterocycles. The highest BCUT2D eigenvalue weighted by atomic mass is 32.2. The Morgan fingerprint density at radius 2 is 1.86 bits per heavy atom. The predicted octanol–water partition coefficient (Wildman–Crippen LogP) is 2.05. The van der Waals surface area contributed by atoms with Gasteiger partial charge in [0.2, 0.25) is 0 Å². The van der Waals surface area contributed by atoms with Gasteiger partial charge in [0, 0.05) is 6.20 Å². The van der Waals surface area contributed by atoms with Gasteiger partial charge in [0.1, 0.15) is 0 Å². The molecule has 1 heterocycles. The number of aromatic carboxylic acids is 1. The topological polar surface area (TPSA) is 96.4 Å². The average Bonchev–Trinajstić information content (AvgIpc) is 2.92. The minimum Gasteiger partial charge on any atom is -0.478 e. The fraction of sp³-hybridized carbons (Fsp3) is 0.231. The molecule has 1 aromatic carbocycles. The largest absolute Gasteiger partial charge is 0.478 e. The van der Waals surface area contributed by atoms with E-state index < -0.39 is 21.5 Å². The number of carbonyl (C=O) groups is 1. The zero-order valence-corrected chi connectivity index (χ0v) is 13.0. The summed E-state index contributed by atoms with van der Waals surface area (Å²) in [7, 11) is -3.66. The van der Waals surface area contributed by atoms with Gasteiger partial charge in [-0.3, -0.25) is 0 Å². The Balaban J connectivity index is 2.28. The Morgan fingerprint density at radius 3 is 2.33 bits per heavy atom. The molecule has 0 aliphatic rings. The smallest absolute Gasteiger partial charge is 0.335 e. The van der Waals surface area contributed by atoms with Crippen molar-refractivity contribution in [2.24, 2.45) is 0 Å². The minimum atomic E-state index is -3.66. The van der Waals surface area contributed by atoms with E-state index in [1.807, 2.05) is 0 Å². The molecular formula is C13H14N2O4S2. The maximum Gasteiger partial charge on any atom is 0.335 e. The van der Waals surface area contributed by atoms with Gasteiger partial charge in [-0.2, -0.15) is 4.37 Å². The van der Waals surface area contributed by atoms with E-state index in [-0.39, 0.29) is 9.77 Å². The van der Waals surface area contributed by atoms with Crippen LogP contribution in [0.3, 0.4) is 0 Å². The molecule has 2 aromatic rings. The van der Waals surface area contributed by atoms with Crippen LogP contribution in [0.4, 0.5) is 0 Å². The van der Waals surface area contributed by atoms with Gasteiger partial charge in [0.15, 0.2) is 4.21 Å². The van der Waals surface area contributed by atoms with Crippen LogP contribution in [0.25, 0.3) is 0 Å². The van der Waals surface area contributed by atoms with Crippen LogP contribution in [-0.4, -0.2) is 23.9 Å². The molecule has 0 bridgehead atoms. The van der Waals surface area contributed by atoms with E-state index in [4.69, 9.17) is 5.11 Å². The number of nitrogens with zero attached hydrogens (tertiary/aromatic N) is 1. The third kappa shape index (κ3) is 3.46. The summed E-state index contributed by atoms with van der Waals surface area (Å²) in [5.74, 6) is -1.02. The molecule has 0 radical (unpaired) electrons. The number of aromatic nitrogens is 1. The first kappa shape index (κ1) is 15.6. The third-order valence-electron chi connectivity index (χ3n) is 2.92. The van der Waals surface area contributed by atoms with Crippen LogP contribution in [0.5, 0.6) is 0 Å². The van der Waals surface area contributed by atoms with Crippen molar-refractivity contribution in [2.45, 2.75) is 23.6 Å². The molecule has 21 heavy (non-hydrogen) atoms. The summed E-state index contributed by atoms with van der Waals surface area (Å²) in [6.45, 7) is 3.42. The van der Waals surface area contributed by atoms with Gasteiger partial charge in [-0.15, -0.1) is 0 Å². The van der Waals surface area contributed by atoms with Crippen LogP contribution in [0.15, 0.2) is 40.7 Å². The number of benzene rings is 1. The number of carboxylic acids is 1. The lowest BCUT2D eigenvalue weighted by Crippen LogP contribution is -2.40. The summed E-state index contributed by atoms with van der Waals surface area (Å²) >= 11 is 0.894. The van der Waals surface area contributed by atoms with Crippen molar-refractivity contribution >= 4 is 27.5 Å². The van der Waals surface area contributed by atoms with Crippen LogP contribution < -0.4 is 4.72 Å². The van der Waals surface area contributed by atoms with E-state index in [1.165, 1.54) is 24.4 Å². The summed E-state index contributed by atoms with van der Waals surface area (Å²) in [4.78, 5) is 10.8. The molecule has 112 valence electrons. The molecule has 0 unspecified atom stereocenters. The third-order valence-corrected chi connectivity index (χ3v) is 5.79. The van der Waals surface area contributed by atoms with Crippen molar-refractivity contribution in [2.75, 3.05) is 0 Å². The van der Waals surface area contributed by atoms with Crippen LogP contribution in [0, 0.1) is 0 Å². The molecule has 0 aliphatic heterocycles. The molecule has 0 amide bonds. The lowest BCUT2D eigenvalue weighted by Gasteiger charge is -2.26. The van der Waals surface area contributed by atoms with Crippen molar-refractivity contribution in [3.05, 3.63) is 47.7 Å². The molecule has 0 saturated carbocycles. The monoisotopic (exact) mass is 326 g/mol. The Bertz CT molecular complexity index is 735. The first-order chi connectivity index (χ1) is 9.72. The van der Waals surface area contributed by atoms with Crippen molar-refractivity contribution < 1.29 is 18.3 Å². The fourth-order valence-electron chi connectivity index (χ4n) is 1.82. The van der Waals surface area contributed by atoms with E-state index in [0.29, 0.717) is 5.56 Å². The maximum atomic E-state index is 12.2. The molecule has 2 rings (SSSR count). The van der Waals surface area contributed by atoms with E-state index in [0.717, 1.165) is 11.5 Å². The zero-order chi connectivity index (χ0) is 15.7. The van der Waals surface area contributed by atoms with Crippen LogP contribution in [0.2, 0.25) is 0 Å². The van der Waals surface area contributed by atoms with E-state index in [9.17, 15) is 13.2 Å². The molecule has 6 nitrogen and oxygen atoms in total. The van der Waals surface area contributed by atoms with Gasteiger partial charge in [0.25, 0.3) is 10.0 Å². The fourth-order valence-corrected chi connectivity index (χ4v) is 3.94. The minimum absolute atomic E-state index is 0.137. The van der Waals surface area contributed by atoms with Crippen molar-refractivity contribution in [1.82, 2.24) is 9.10 Å². The van der Waals surface area contributed by atoms with E-state index >= 15 is 0 Å². The highest BCUT2D eigenvalue weighted by Gasteiger charge is 2.28. The van der Waals surface area contributed by atoms with Crippen molar-refractivity contribution in [3.8, 4) is 0 Å². The van der Waals surface area contributed by atoms with Crippen LogP contribution in [-0.2, 0) is 15.6 Å². The molecule has 0 aliphatic carbocycles. The van der Waals surface area contributed by atoms with E-state index in [2.05, 4.69) is 9.10 Å². The van der Waals surface area contributed by atoms with Crippen LogP contribution in [0.1, 0.15) is 29.8 Å². The van der Waals surface area contributed by atoms with Crippen molar-refractivity contribution in [1.29, 1.82) is 0 Å².